The number of ether oxygens (including phenoxy) is 2. The SMILES string of the molecule is CC(C)(C)OC(=O)N1CCOC(CC(F)(F)CN)C1. The Balaban J connectivity index is 2.53. The third-order valence-corrected chi connectivity index (χ3v) is 2.62. The van der Waals surface area contributed by atoms with Gasteiger partial charge in [-0.05, 0) is 20.8 Å². The van der Waals surface area contributed by atoms with Crippen LogP contribution in [-0.4, -0.2) is 54.9 Å². The predicted octanol–water partition coefficient (Wildman–Crippen LogP) is 1.61. The zero-order valence-electron chi connectivity index (χ0n) is 11.6. The molecule has 1 aliphatic heterocycles. The van der Waals surface area contributed by atoms with Crippen LogP contribution in [-0.2, 0) is 9.47 Å². The molecule has 1 amide bonds. The number of amides is 1. The van der Waals surface area contributed by atoms with Crippen molar-refractivity contribution in [1.29, 1.82) is 0 Å². The van der Waals surface area contributed by atoms with E-state index >= 15 is 0 Å². The van der Waals surface area contributed by atoms with Gasteiger partial charge in [-0.15, -0.1) is 0 Å². The van der Waals surface area contributed by atoms with E-state index in [-0.39, 0.29) is 13.2 Å². The van der Waals surface area contributed by atoms with Gasteiger partial charge in [-0.3, -0.25) is 0 Å². The van der Waals surface area contributed by atoms with Crippen LogP contribution in [0.2, 0.25) is 0 Å². The largest absolute Gasteiger partial charge is 0.444 e. The van der Waals surface area contributed by atoms with E-state index in [4.69, 9.17) is 15.2 Å². The maximum absolute atomic E-state index is 13.2. The van der Waals surface area contributed by atoms with Gasteiger partial charge in [0.15, 0.2) is 0 Å². The van der Waals surface area contributed by atoms with Crippen LogP contribution in [0.25, 0.3) is 0 Å². The molecule has 1 atom stereocenters. The van der Waals surface area contributed by atoms with Crippen LogP contribution in [0.5, 0.6) is 0 Å². The van der Waals surface area contributed by atoms with Crippen molar-refractivity contribution < 1.29 is 23.0 Å². The molecule has 0 aromatic carbocycles. The number of nitrogens with two attached hydrogens (primary N) is 1. The number of halogens is 2. The Kier molecular flexibility index (Phi) is 5.09. The summed E-state index contributed by atoms with van der Waals surface area (Å²) < 4.78 is 36.8. The molecule has 0 saturated carbocycles. The summed E-state index contributed by atoms with van der Waals surface area (Å²) in [6, 6.07) is 0. The fourth-order valence-corrected chi connectivity index (χ4v) is 1.75. The first kappa shape index (κ1) is 16.1. The highest BCUT2D eigenvalue weighted by molar-refractivity contribution is 5.68. The van der Waals surface area contributed by atoms with Gasteiger partial charge in [0.2, 0.25) is 0 Å². The van der Waals surface area contributed by atoms with Gasteiger partial charge in [0.05, 0.1) is 25.8 Å². The normalized spacial score (nSPS) is 21.4. The van der Waals surface area contributed by atoms with Gasteiger partial charge in [-0.1, -0.05) is 0 Å². The summed E-state index contributed by atoms with van der Waals surface area (Å²) in [7, 11) is 0. The second-order valence-corrected chi connectivity index (χ2v) is 5.68. The first-order valence-electron chi connectivity index (χ1n) is 6.30. The molecular weight excluding hydrogens is 258 g/mol. The van der Waals surface area contributed by atoms with Gasteiger partial charge < -0.3 is 20.1 Å². The van der Waals surface area contributed by atoms with Crippen molar-refractivity contribution in [3.63, 3.8) is 0 Å². The highest BCUT2D eigenvalue weighted by atomic mass is 19.3. The molecule has 7 heteroatoms. The minimum absolute atomic E-state index is 0.102. The third kappa shape index (κ3) is 5.69. The Labute approximate surface area is 112 Å². The molecule has 1 heterocycles. The molecular formula is C12H22F2N2O3. The van der Waals surface area contributed by atoms with Crippen molar-refractivity contribution in [3.05, 3.63) is 0 Å². The van der Waals surface area contributed by atoms with Crippen LogP contribution in [0.4, 0.5) is 13.6 Å². The average Bonchev–Trinajstić information content (AvgIpc) is 2.26. The number of carbonyl (C=O) groups is 1. The molecule has 1 fully saturated rings. The van der Waals surface area contributed by atoms with Crippen LogP contribution < -0.4 is 5.73 Å². The fourth-order valence-electron chi connectivity index (χ4n) is 1.75. The van der Waals surface area contributed by atoms with Crippen LogP contribution in [0, 0.1) is 0 Å². The molecule has 0 radical (unpaired) electrons. The summed E-state index contributed by atoms with van der Waals surface area (Å²) in [6.45, 7) is 5.22. The van der Waals surface area contributed by atoms with Crippen LogP contribution in [0.15, 0.2) is 0 Å². The van der Waals surface area contributed by atoms with Crippen molar-refractivity contribution in [2.75, 3.05) is 26.2 Å². The van der Waals surface area contributed by atoms with Gasteiger partial charge in [-0.25, -0.2) is 13.6 Å². The number of nitrogens with zero attached hydrogens (tertiary/aromatic N) is 1. The summed E-state index contributed by atoms with van der Waals surface area (Å²) in [5.41, 5.74) is 4.39. The highest BCUT2D eigenvalue weighted by Gasteiger charge is 2.35. The first-order valence-corrected chi connectivity index (χ1v) is 6.30. The number of morpholine rings is 1. The minimum Gasteiger partial charge on any atom is -0.444 e. The molecule has 0 aromatic heterocycles. The zero-order chi connectivity index (χ0) is 14.7. The molecule has 0 aliphatic carbocycles. The molecule has 19 heavy (non-hydrogen) atoms. The highest BCUT2D eigenvalue weighted by Crippen LogP contribution is 2.23. The lowest BCUT2D eigenvalue weighted by molar-refractivity contribution is -0.0920. The second-order valence-electron chi connectivity index (χ2n) is 5.68. The van der Waals surface area contributed by atoms with E-state index in [1.807, 2.05) is 0 Å². The Morgan fingerprint density at radius 3 is 2.63 bits per heavy atom. The van der Waals surface area contributed by atoms with E-state index in [9.17, 15) is 13.6 Å². The Hall–Kier alpha value is -0.950. The van der Waals surface area contributed by atoms with Crippen LogP contribution in [0.3, 0.4) is 0 Å². The maximum atomic E-state index is 13.2. The van der Waals surface area contributed by atoms with Gasteiger partial charge >= 0.3 is 6.09 Å². The van der Waals surface area contributed by atoms with E-state index in [0.717, 1.165) is 0 Å². The van der Waals surface area contributed by atoms with E-state index in [0.29, 0.717) is 6.54 Å². The van der Waals surface area contributed by atoms with E-state index in [1.54, 1.807) is 20.8 Å². The summed E-state index contributed by atoms with van der Waals surface area (Å²) in [4.78, 5) is 13.2. The zero-order valence-corrected chi connectivity index (χ0v) is 11.6. The van der Waals surface area contributed by atoms with Gasteiger partial charge in [0.1, 0.15) is 5.60 Å². The first-order chi connectivity index (χ1) is 8.63. The van der Waals surface area contributed by atoms with Crippen molar-refractivity contribution in [2.45, 2.75) is 44.8 Å². The Bertz CT molecular complexity index is 319. The van der Waals surface area contributed by atoms with E-state index < -0.39 is 36.7 Å². The molecule has 2 N–H and O–H groups in total. The molecule has 1 unspecified atom stereocenters. The van der Waals surface area contributed by atoms with E-state index in [1.165, 1.54) is 4.90 Å². The van der Waals surface area contributed by atoms with Crippen molar-refractivity contribution >= 4 is 6.09 Å². The molecule has 112 valence electrons. The van der Waals surface area contributed by atoms with Crippen molar-refractivity contribution in [1.82, 2.24) is 4.90 Å². The lowest BCUT2D eigenvalue weighted by Crippen LogP contribution is -2.49. The quantitative estimate of drug-likeness (QED) is 0.853. The van der Waals surface area contributed by atoms with Crippen molar-refractivity contribution in [2.24, 2.45) is 5.73 Å². The van der Waals surface area contributed by atoms with Crippen LogP contribution >= 0.6 is 0 Å². The molecule has 0 bridgehead atoms. The summed E-state index contributed by atoms with van der Waals surface area (Å²) in [5.74, 6) is -2.97. The number of alkyl halides is 2. The Morgan fingerprint density at radius 2 is 2.11 bits per heavy atom. The molecule has 1 rings (SSSR count). The Morgan fingerprint density at radius 1 is 1.47 bits per heavy atom. The topological polar surface area (TPSA) is 64.8 Å². The van der Waals surface area contributed by atoms with Crippen molar-refractivity contribution in [3.8, 4) is 0 Å². The van der Waals surface area contributed by atoms with Gasteiger partial charge in [0, 0.05) is 13.0 Å². The van der Waals surface area contributed by atoms with E-state index in [2.05, 4.69) is 0 Å². The smallest absolute Gasteiger partial charge is 0.410 e. The molecule has 1 aliphatic rings. The summed E-state index contributed by atoms with van der Waals surface area (Å²) >= 11 is 0. The van der Waals surface area contributed by atoms with Gasteiger partial charge in [-0.2, -0.15) is 0 Å². The number of rotatable bonds is 3. The van der Waals surface area contributed by atoms with Crippen LogP contribution in [0.1, 0.15) is 27.2 Å². The summed E-state index contributed by atoms with van der Waals surface area (Å²) in [5, 5.41) is 0. The fraction of sp³-hybridized carbons (Fsp3) is 0.917. The summed E-state index contributed by atoms with van der Waals surface area (Å²) in [6.07, 6.45) is -1.69. The average molecular weight is 280 g/mol. The molecule has 0 aromatic rings. The maximum Gasteiger partial charge on any atom is 0.410 e. The minimum atomic E-state index is -2.97. The lowest BCUT2D eigenvalue weighted by Gasteiger charge is -2.35. The molecule has 1 saturated heterocycles. The molecule has 0 spiro atoms. The standard InChI is InChI=1S/C12H22F2N2O3/c1-11(2,3)19-10(17)16-4-5-18-9(7-16)6-12(13,14)8-15/h9H,4-8,15H2,1-3H3. The predicted molar refractivity (Wildman–Crippen MR) is 66.2 cm³/mol. The number of carbonyl (C=O) groups excluding carboxylic acids is 1. The van der Waals surface area contributed by atoms with Gasteiger partial charge in [0.25, 0.3) is 5.92 Å². The lowest BCUT2D eigenvalue weighted by atomic mass is 10.1. The third-order valence-electron chi connectivity index (χ3n) is 2.62. The number of hydrogen-bond donors (Lipinski definition) is 1. The second kappa shape index (κ2) is 6.00. The number of hydrogen-bond acceptors (Lipinski definition) is 4. The molecule has 5 nitrogen and oxygen atoms in total. The monoisotopic (exact) mass is 280 g/mol.